The molecule has 4 N–H and O–H groups in total. The molecular weight excluding hydrogens is 284 g/mol. The van der Waals surface area contributed by atoms with Crippen LogP contribution in [0.25, 0.3) is 0 Å². The molecule has 6 heteroatoms. The van der Waals surface area contributed by atoms with Gasteiger partial charge >= 0.3 is 0 Å². The van der Waals surface area contributed by atoms with Gasteiger partial charge < -0.3 is 10.7 Å². The molecule has 2 aromatic rings. The number of thiophene rings is 1. The number of nitrogens with one attached hydrogen (secondary N) is 2. The van der Waals surface area contributed by atoms with Crippen LogP contribution in [0.3, 0.4) is 0 Å². The van der Waals surface area contributed by atoms with E-state index in [1.165, 1.54) is 0 Å². The smallest absolute Gasteiger partial charge is 0.251 e. The average Bonchev–Trinajstić information content (AvgIpc) is 2.96. The van der Waals surface area contributed by atoms with E-state index >= 15 is 0 Å². The van der Waals surface area contributed by atoms with Crippen LogP contribution in [0.15, 0.2) is 29.0 Å². The predicted molar refractivity (Wildman–Crippen MR) is 86.2 cm³/mol. The topological polar surface area (TPSA) is 80.0 Å². The number of carbonyl (C=O) groups excluding carboxylic acids is 1. The first-order valence-corrected chi connectivity index (χ1v) is 7.63. The minimum atomic E-state index is -0.157. The molecule has 2 heterocycles. The number of rotatable bonds is 4. The van der Waals surface area contributed by atoms with E-state index in [0.717, 1.165) is 11.3 Å². The first-order valence-electron chi connectivity index (χ1n) is 6.68. The van der Waals surface area contributed by atoms with Gasteiger partial charge in [0.05, 0.1) is 0 Å². The van der Waals surface area contributed by atoms with E-state index < -0.39 is 0 Å². The summed E-state index contributed by atoms with van der Waals surface area (Å²) in [7, 11) is 0. The fraction of sp³-hybridized carbons (Fsp3) is 0.333. The Morgan fingerprint density at radius 1 is 1.38 bits per heavy atom. The molecule has 0 spiro atoms. The van der Waals surface area contributed by atoms with Gasteiger partial charge in [0.15, 0.2) is 0 Å². The normalized spacial score (nSPS) is 11.2. The van der Waals surface area contributed by atoms with Crippen molar-refractivity contribution in [3.63, 3.8) is 0 Å². The molecule has 0 radical (unpaired) electrons. The van der Waals surface area contributed by atoms with Crippen LogP contribution < -0.4 is 16.6 Å². The zero-order valence-electron chi connectivity index (χ0n) is 12.4. The van der Waals surface area contributed by atoms with Gasteiger partial charge in [-0.3, -0.25) is 4.79 Å². The summed E-state index contributed by atoms with van der Waals surface area (Å²) in [5, 5.41) is 6.91. The Morgan fingerprint density at radius 2 is 2.14 bits per heavy atom. The van der Waals surface area contributed by atoms with Gasteiger partial charge in [-0.2, -0.15) is 11.3 Å². The molecule has 0 saturated heterocycles. The van der Waals surface area contributed by atoms with Crippen molar-refractivity contribution in [1.29, 1.82) is 0 Å². The molecule has 0 fully saturated rings. The second-order valence-corrected chi connectivity index (χ2v) is 6.61. The lowest BCUT2D eigenvalue weighted by atomic mass is 9.90. The van der Waals surface area contributed by atoms with Crippen LogP contribution in [0.2, 0.25) is 0 Å². The summed E-state index contributed by atoms with van der Waals surface area (Å²) in [4.78, 5) is 16.7. The summed E-state index contributed by atoms with van der Waals surface area (Å²) < 4.78 is 0. The molecule has 0 aliphatic heterocycles. The molecule has 2 rings (SSSR count). The van der Waals surface area contributed by atoms with Crippen molar-refractivity contribution >= 4 is 23.1 Å². The van der Waals surface area contributed by atoms with Crippen LogP contribution in [-0.4, -0.2) is 10.9 Å². The summed E-state index contributed by atoms with van der Waals surface area (Å²) in [5.74, 6) is 5.79. The van der Waals surface area contributed by atoms with Gasteiger partial charge in [0.25, 0.3) is 5.91 Å². The van der Waals surface area contributed by atoms with Crippen molar-refractivity contribution < 1.29 is 4.79 Å². The third kappa shape index (κ3) is 4.03. The third-order valence-corrected chi connectivity index (χ3v) is 3.77. The zero-order valence-corrected chi connectivity index (χ0v) is 13.3. The average molecular weight is 304 g/mol. The lowest BCUT2D eigenvalue weighted by molar-refractivity contribution is 0.0950. The highest BCUT2D eigenvalue weighted by Gasteiger charge is 2.19. The first-order chi connectivity index (χ1) is 9.90. The van der Waals surface area contributed by atoms with Gasteiger partial charge in [0.1, 0.15) is 5.82 Å². The number of hydrazine groups is 1. The van der Waals surface area contributed by atoms with E-state index in [4.69, 9.17) is 5.84 Å². The van der Waals surface area contributed by atoms with Crippen molar-refractivity contribution in [2.24, 2.45) is 5.84 Å². The number of nitrogen functional groups attached to an aromatic ring is 1. The Kier molecular flexibility index (Phi) is 4.59. The summed E-state index contributed by atoms with van der Waals surface area (Å²) in [6.07, 6.45) is 0. The number of hydrogen-bond acceptors (Lipinski definition) is 5. The quantitative estimate of drug-likeness (QED) is 0.599. The standard InChI is InChI=1S/C15H20N4OS/c1-15(2,3)12-6-11(7-13(18-12)19-16)14(20)17-8-10-4-5-21-9-10/h4-7,9H,8,16H2,1-3H3,(H,17,20)(H,18,19). The van der Waals surface area contributed by atoms with Crippen molar-refractivity contribution in [2.45, 2.75) is 32.7 Å². The second-order valence-electron chi connectivity index (χ2n) is 5.83. The third-order valence-electron chi connectivity index (χ3n) is 3.04. The highest BCUT2D eigenvalue weighted by molar-refractivity contribution is 7.07. The minimum Gasteiger partial charge on any atom is -0.348 e. The monoisotopic (exact) mass is 304 g/mol. The molecular formula is C15H20N4OS. The number of nitrogens with zero attached hydrogens (tertiary/aromatic N) is 1. The summed E-state index contributed by atoms with van der Waals surface area (Å²) >= 11 is 1.61. The van der Waals surface area contributed by atoms with Crippen molar-refractivity contribution in [3.05, 3.63) is 45.8 Å². The lowest BCUT2D eigenvalue weighted by Crippen LogP contribution is -2.25. The number of hydrogen-bond donors (Lipinski definition) is 3. The van der Waals surface area contributed by atoms with Crippen LogP contribution in [0.1, 0.15) is 42.4 Å². The highest BCUT2D eigenvalue weighted by atomic mass is 32.1. The van der Waals surface area contributed by atoms with Crippen LogP contribution in [0, 0.1) is 0 Å². The van der Waals surface area contributed by atoms with E-state index in [0.29, 0.717) is 17.9 Å². The van der Waals surface area contributed by atoms with E-state index in [-0.39, 0.29) is 11.3 Å². The van der Waals surface area contributed by atoms with Crippen molar-refractivity contribution in [3.8, 4) is 0 Å². The molecule has 0 bridgehead atoms. The number of aromatic nitrogens is 1. The number of pyridine rings is 1. The summed E-state index contributed by atoms with van der Waals surface area (Å²) in [6.45, 7) is 6.65. The highest BCUT2D eigenvalue weighted by Crippen LogP contribution is 2.23. The van der Waals surface area contributed by atoms with Gasteiger partial charge in [-0.25, -0.2) is 10.8 Å². The molecule has 0 aromatic carbocycles. The molecule has 0 aliphatic rings. The Morgan fingerprint density at radius 3 is 2.71 bits per heavy atom. The second kappa shape index (κ2) is 6.24. The molecule has 112 valence electrons. The predicted octanol–water partition coefficient (Wildman–Crippen LogP) is 2.66. The Hall–Kier alpha value is -1.92. The number of carbonyl (C=O) groups is 1. The fourth-order valence-corrected chi connectivity index (χ4v) is 2.47. The van der Waals surface area contributed by atoms with Crippen molar-refractivity contribution in [2.75, 3.05) is 5.43 Å². The minimum absolute atomic E-state index is 0.134. The maximum Gasteiger partial charge on any atom is 0.251 e. The molecule has 2 aromatic heterocycles. The molecule has 5 nitrogen and oxygen atoms in total. The van der Waals surface area contributed by atoms with E-state index in [1.807, 2.05) is 43.7 Å². The van der Waals surface area contributed by atoms with Crippen LogP contribution in [0.4, 0.5) is 5.82 Å². The maximum absolute atomic E-state index is 12.3. The number of nitrogens with two attached hydrogens (primary N) is 1. The Labute approximate surface area is 128 Å². The van der Waals surface area contributed by atoms with E-state index in [1.54, 1.807) is 17.4 Å². The number of amides is 1. The molecule has 0 saturated carbocycles. The zero-order chi connectivity index (χ0) is 15.5. The van der Waals surface area contributed by atoms with Crippen LogP contribution >= 0.6 is 11.3 Å². The molecule has 0 atom stereocenters. The Bertz CT molecular complexity index is 617. The Balaban J connectivity index is 2.19. The molecule has 0 aliphatic carbocycles. The van der Waals surface area contributed by atoms with E-state index in [2.05, 4.69) is 15.7 Å². The van der Waals surface area contributed by atoms with Crippen molar-refractivity contribution in [1.82, 2.24) is 10.3 Å². The fourth-order valence-electron chi connectivity index (χ4n) is 1.80. The summed E-state index contributed by atoms with van der Waals surface area (Å²) in [5.41, 5.74) is 4.82. The SMILES string of the molecule is CC(C)(C)c1cc(C(=O)NCc2ccsc2)cc(NN)n1. The van der Waals surface area contributed by atoms with E-state index in [9.17, 15) is 4.79 Å². The van der Waals surface area contributed by atoms with Crippen LogP contribution in [-0.2, 0) is 12.0 Å². The molecule has 0 unspecified atom stereocenters. The van der Waals surface area contributed by atoms with Gasteiger partial charge in [0, 0.05) is 23.2 Å². The van der Waals surface area contributed by atoms with Gasteiger partial charge in [0.2, 0.25) is 0 Å². The largest absolute Gasteiger partial charge is 0.348 e. The maximum atomic E-state index is 12.3. The van der Waals surface area contributed by atoms with Gasteiger partial charge in [-0.05, 0) is 34.5 Å². The lowest BCUT2D eigenvalue weighted by Gasteiger charge is -2.19. The molecule has 1 amide bonds. The van der Waals surface area contributed by atoms with Crippen LogP contribution in [0.5, 0.6) is 0 Å². The van der Waals surface area contributed by atoms with Gasteiger partial charge in [-0.15, -0.1) is 0 Å². The number of anilines is 1. The summed E-state index contributed by atoms with van der Waals surface area (Å²) in [6, 6.07) is 5.45. The first kappa shape index (κ1) is 15.5. The van der Waals surface area contributed by atoms with Gasteiger partial charge in [-0.1, -0.05) is 20.8 Å². The molecule has 21 heavy (non-hydrogen) atoms.